The van der Waals surface area contributed by atoms with E-state index in [9.17, 15) is 0 Å². The van der Waals surface area contributed by atoms with Crippen molar-refractivity contribution < 1.29 is 14.2 Å². The van der Waals surface area contributed by atoms with E-state index in [1.807, 2.05) is 13.0 Å². The van der Waals surface area contributed by atoms with Gasteiger partial charge in [-0.25, -0.2) is 0 Å². The van der Waals surface area contributed by atoms with Crippen LogP contribution in [0.15, 0.2) is 42.5 Å². The summed E-state index contributed by atoms with van der Waals surface area (Å²) in [5.74, 6) is 2.42. The van der Waals surface area contributed by atoms with Crippen LogP contribution in [0.1, 0.15) is 30.5 Å². The molecule has 2 aromatic carbocycles. The summed E-state index contributed by atoms with van der Waals surface area (Å²) in [6, 6.07) is 14.9. The number of hydrogen-bond acceptors (Lipinski definition) is 5. The Morgan fingerprint density at radius 2 is 1.67 bits per heavy atom. The van der Waals surface area contributed by atoms with Gasteiger partial charge >= 0.3 is 0 Å². The first-order valence-electron chi connectivity index (χ1n) is 9.66. The second kappa shape index (κ2) is 9.62. The van der Waals surface area contributed by atoms with Gasteiger partial charge in [0.25, 0.3) is 0 Å². The van der Waals surface area contributed by atoms with Gasteiger partial charge in [-0.15, -0.1) is 0 Å². The third-order valence-corrected chi connectivity index (χ3v) is 4.97. The quantitative estimate of drug-likeness (QED) is 0.808. The Morgan fingerprint density at radius 3 is 2.37 bits per heavy atom. The lowest BCUT2D eigenvalue weighted by Crippen LogP contribution is -2.33. The van der Waals surface area contributed by atoms with Gasteiger partial charge in [-0.1, -0.05) is 18.2 Å². The highest BCUT2D eigenvalue weighted by Crippen LogP contribution is 2.36. The molecule has 0 aliphatic carbocycles. The van der Waals surface area contributed by atoms with E-state index in [4.69, 9.17) is 14.2 Å². The molecule has 0 amide bonds. The summed E-state index contributed by atoms with van der Waals surface area (Å²) in [5.41, 5.74) is 2.46. The molecule has 1 N–H and O–H groups in total. The van der Waals surface area contributed by atoms with Crippen molar-refractivity contribution in [3.05, 3.63) is 53.6 Å². The van der Waals surface area contributed by atoms with Crippen LogP contribution in [0.3, 0.4) is 0 Å². The van der Waals surface area contributed by atoms with E-state index in [2.05, 4.69) is 46.6 Å². The Kier molecular flexibility index (Phi) is 6.96. The van der Waals surface area contributed by atoms with Crippen LogP contribution in [-0.2, 0) is 0 Å². The molecule has 2 aromatic rings. The summed E-state index contributed by atoms with van der Waals surface area (Å²) in [6.07, 6.45) is 1.14. The molecule has 1 unspecified atom stereocenters. The molecule has 5 heteroatoms. The number of ether oxygens (including phenoxy) is 3. The molecule has 1 saturated heterocycles. The Bertz CT molecular complexity index is 710. The predicted octanol–water partition coefficient (Wildman–Crippen LogP) is 3.49. The molecule has 3 rings (SSSR count). The van der Waals surface area contributed by atoms with E-state index in [1.165, 1.54) is 11.1 Å². The molecule has 0 aromatic heterocycles. The molecule has 1 heterocycles. The highest BCUT2D eigenvalue weighted by Gasteiger charge is 2.24. The highest BCUT2D eigenvalue weighted by molar-refractivity contribution is 5.46. The van der Waals surface area contributed by atoms with Gasteiger partial charge in [-0.05, 0) is 55.3 Å². The van der Waals surface area contributed by atoms with Gasteiger partial charge in [-0.2, -0.15) is 0 Å². The van der Waals surface area contributed by atoms with Crippen LogP contribution in [0.25, 0.3) is 0 Å². The first-order valence-corrected chi connectivity index (χ1v) is 9.66. The van der Waals surface area contributed by atoms with E-state index < -0.39 is 0 Å². The highest BCUT2D eigenvalue weighted by atomic mass is 16.5. The molecule has 0 radical (unpaired) electrons. The van der Waals surface area contributed by atoms with E-state index in [-0.39, 0.29) is 6.04 Å². The smallest absolute Gasteiger partial charge is 0.161 e. The van der Waals surface area contributed by atoms with Crippen LogP contribution in [-0.4, -0.2) is 51.9 Å². The minimum atomic E-state index is 0.167. The van der Waals surface area contributed by atoms with E-state index in [0.29, 0.717) is 6.61 Å². The molecule has 1 aliphatic heterocycles. The maximum absolute atomic E-state index is 5.62. The Balaban J connectivity index is 1.98. The molecule has 5 nitrogen and oxygen atoms in total. The molecular weight excluding hydrogens is 340 g/mol. The predicted molar refractivity (Wildman–Crippen MR) is 108 cm³/mol. The van der Waals surface area contributed by atoms with Gasteiger partial charge < -0.3 is 19.5 Å². The van der Waals surface area contributed by atoms with Gasteiger partial charge in [0.15, 0.2) is 11.5 Å². The second-order valence-electron chi connectivity index (χ2n) is 6.66. The second-order valence-corrected chi connectivity index (χ2v) is 6.66. The number of benzene rings is 2. The number of nitrogens with one attached hydrogen (secondary N) is 1. The van der Waals surface area contributed by atoms with Crippen LogP contribution in [0.4, 0.5) is 0 Å². The van der Waals surface area contributed by atoms with Crippen molar-refractivity contribution in [2.45, 2.75) is 19.4 Å². The summed E-state index contributed by atoms with van der Waals surface area (Å²) in [6.45, 7) is 6.81. The summed E-state index contributed by atoms with van der Waals surface area (Å²) in [4.78, 5) is 2.54. The van der Waals surface area contributed by atoms with Crippen molar-refractivity contribution in [3.63, 3.8) is 0 Å². The molecule has 1 atom stereocenters. The zero-order valence-electron chi connectivity index (χ0n) is 16.5. The zero-order chi connectivity index (χ0) is 19.1. The lowest BCUT2D eigenvalue weighted by atomic mass is 9.96. The Labute approximate surface area is 162 Å². The van der Waals surface area contributed by atoms with Crippen LogP contribution in [0.5, 0.6) is 17.2 Å². The molecular formula is C22H30N2O3. The van der Waals surface area contributed by atoms with Crippen molar-refractivity contribution in [2.75, 3.05) is 47.0 Å². The standard InChI is InChI=1S/C22H30N2O3/c1-4-27-19-9-6-17(7-10-19)22(24-14-5-12-23-13-15-24)18-8-11-20(25-2)21(16-18)26-3/h6-11,16,22-23H,4-5,12-15H2,1-3H3. The van der Waals surface area contributed by atoms with E-state index in [1.54, 1.807) is 14.2 Å². The Hall–Kier alpha value is -2.24. The van der Waals surface area contributed by atoms with Gasteiger partial charge in [0.2, 0.25) is 0 Å². The van der Waals surface area contributed by atoms with Crippen molar-refractivity contribution in [2.24, 2.45) is 0 Å². The molecule has 1 aliphatic rings. The fourth-order valence-corrected chi connectivity index (χ4v) is 3.67. The lowest BCUT2D eigenvalue weighted by molar-refractivity contribution is 0.240. The van der Waals surface area contributed by atoms with Crippen molar-refractivity contribution in [1.29, 1.82) is 0 Å². The maximum atomic E-state index is 5.62. The average molecular weight is 370 g/mol. The van der Waals surface area contributed by atoms with E-state index >= 15 is 0 Å². The van der Waals surface area contributed by atoms with Gasteiger partial charge in [0, 0.05) is 19.6 Å². The topological polar surface area (TPSA) is 43.0 Å². The molecule has 27 heavy (non-hydrogen) atoms. The van der Waals surface area contributed by atoms with Crippen molar-refractivity contribution in [1.82, 2.24) is 10.2 Å². The maximum Gasteiger partial charge on any atom is 0.161 e. The third-order valence-electron chi connectivity index (χ3n) is 4.97. The largest absolute Gasteiger partial charge is 0.494 e. The lowest BCUT2D eigenvalue weighted by Gasteiger charge is -2.31. The molecule has 0 saturated carbocycles. The molecule has 0 bridgehead atoms. The monoisotopic (exact) mass is 370 g/mol. The average Bonchev–Trinajstić information content (AvgIpc) is 2.99. The van der Waals surface area contributed by atoms with E-state index in [0.717, 1.165) is 49.8 Å². The zero-order valence-corrected chi connectivity index (χ0v) is 16.5. The normalized spacial score (nSPS) is 16.4. The number of nitrogens with zero attached hydrogens (tertiary/aromatic N) is 1. The van der Waals surface area contributed by atoms with Crippen LogP contribution >= 0.6 is 0 Å². The van der Waals surface area contributed by atoms with Crippen molar-refractivity contribution in [3.8, 4) is 17.2 Å². The molecule has 1 fully saturated rings. The number of rotatable bonds is 7. The first kappa shape index (κ1) is 19.5. The Morgan fingerprint density at radius 1 is 0.926 bits per heavy atom. The summed E-state index contributed by atoms with van der Waals surface area (Å²) in [7, 11) is 3.35. The minimum Gasteiger partial charge on any atom is -0.494 e. The third kappa shape index (κ3) is 4.73. The van der Waals surface area contributed by atoms with Gasteiger partial charge in [-0.3, -0.25) is 4.90 Å². The minimum absolute atomic E-state index is 0.167. The molecule has 0 spiro atoms. The molecule has 146 valence electrons. The SMILES string of the molecule is CCOc1ccc(C(c2ccc(OC)c(OC)c2)N2CCCNCC2)cc1. The van der Waals surface area contributed by atoms with Gasteiger partial charge in [0.05, 0.1) is 26.9 Å². The van der Waals surface area contributed by atoms with Crippen LogP contribution < -0.4 is 19.5 Å². The van der Waals surface area contributed by atoms with Crippen LogP contribution in [0.2, 0.25) is 0 Å². The first-order chi connectivity index (χ1) is 13.3. The number of hydrogen-bond donors (Lipinski definition) is 1. The van der Waals surface area contributed by atoms with Gasteiger partial charge in [0.1, 0.15) is 5.75 Å². The van der Waals surface area contributed by atoms with Crippen LogP contribution in [0, 0.1) is 0 Å². The summed E-state index contributed by atoms with van der Waals surface area (Å²) in [5, 5.41) is 3.50. The summed E-state index contributed by atoms with van der Waals surface area (Å²) < 4.78 is 16.6. The summed E-state index contributed by atoms with van der Waals surface area (Å²) >= 11 is 0. The van der Waals surface area contributed by atoms with Crippen molar-refractivity contribution >= 4 is 0 Å². The fraction of sp³-hybridized carbons (Fsp3) is 0.455. The number of methoxy groups -OCH3 is 2. The fourth-order valence-electron chi connectivity index (χ4n) is 3.67.